The smallest absolute Gasteiger partial charge is 0.267 e. The molecule has 0 aliphatic rings. The third kappa shape index (κ3) is 4.07. The third-order valence-corrected chi connectivity index (χ3v) is 4.56. The molecule has 0 saturated heterocycles. The number of rotatable bonds is 5. The highest BCUT2D eigenvalue weighted by atomic mass is 35.5. The number of carbonyl (C=O) groups is 1. The summed E-state index contributed by atoms with van der Waals surface area (Å²) in [5.41, 5.74) is 0.816. The van der Waals surface area contributed by atoms with E-state index in [4.69, 9.17) is 16.3 Å². The monoisotopic (exact) mass is 375 g/mol. The molecular weight excluding hydrogens is 362 g/mol. The van der Waals surface area contributed by atoms with Crippen LogP contribution in [0.25, 0.3) is 10.6 Å². The Morgan fingerprint density at radius 2 is 2.16 bits per heavy atom. The van der Waals surface area contributed by atoms with Crippen LogP contribution in [0.1, 0.15) is 0 Å². The number of methoxy groups -OCH3 is 1. The lowest BCUT2D eigenvalue weighted by atomic mass is 10.3. The molecule has 0 unspecified atom stereocenters. The first-order valence-corrected chi connectivity index (χ1v) is 8.58. The number of nitrogens with one attached hydrogen (secondary N) is 1. The van der Waals surface area contributed by atoms with Gasteiger partial charge in [0.1, 0.15) is 18.0 Å². The molecule has 25 heavy (non-hydrogen) atoms. The van der Waals surface area contributed by atoms with Crippen LogP contribution in [0.4, 0.5) is 5.69 Å². The van der Waals surface area contributed by atoms with Gasteiger partial charge in [0.2, 0.25) is 5.91 Å². The van der Waals surface area contributed by atoms with Crippen molar-refractivity contribution in [3.8, 4) is 16.3 Å². The van der Waals surface area contributed by atoms with Crippen molar-refractivity contribution in [3.63, 3.8) is 0 Å². The van der Waals surface area contributed by atoms with Crippen molar-refractivity contribution in [2.45, 2.75) is 6.54 Å². The Morgan fingerprint density at radius 1 is 1.32 bits per heavy atom. The summed E-state index contributed by atoms with van der Waals surface area (Å²) in [7, 11) is 1.51. The second-order valence-corrected chi connectivity index (χ2v) is 6.44. The summed E-state index contributed by atoms with van der Waals surface area (Å²) in [6.45, 7) is -0.193. The Hall–Kier alpha value is -2.64. The van der Waals surface area contributed by atoms with Crippen LogP contribution in [0.3, 0.4) is 0 Å². The summed E-state index contributed by atoms with van der Waals surface area (Å²) in [5, 5.41) is 9.24. The first-order valence-electron chi connectivity index (χ1n) is 7.32. The van der Waals surface area contributed by atoms with Crippen LogP contribution in [0.15, 0.2) is 52.6 Å². The van der Waals surface area contributed by atoms with Gasteiger partial charge in [-0.3, -0.25) is 9.59 Å². The van der Waals surface area contributed by atoms with Gasteiger partial charge >= 0.3 is 0 Å². The molecule has 0 spiro atoms. The SMILES string of the molecule is COc1ccc(NC(=O)Cn2nc(-c3cccs3)ccc2=O)cc1Cl. The predicted molar refractivity (Wildman–Crippen MR) is 98.4 cm³/mol. The van der Waals surface area contributed by atoms with E-state index in [-0.39, 0.29) is 18.0 Å². The number of thiophene rings is 1. The van der Waals surface area contributed by atoms with Crippen molar-refractivity contribution >= 4 is 34.5 Å². The van der Waals surface area contributed by atoms with E-state index in [1.165, 1.54) is 24.5 Å². The average molecular weight is 376 g/mol. The van der Waals surface area contributed by atoms with Crippen molar-refractivity contribution in [1.82, 2.24) is 9.78 Å². The van der Waals surface area contributed by atoms with Gasteiger partial charge in [0.15, 0.2) is 0 Å². The molecule has 6 nitrogen and oxygen atoms in total. The lowest BCUT2D eigenvalue weighted by Gasteiger charge is -2.09. The van der Waals surface area contributed by atoms with E-state index < -0.39 is 0 Å². The normalized spacial score (nSPS) is 10.5. The van der Waals surface area contributed by atoms with Crippen LogP contribution in [-0.4, -0.2) is 22.8 Å². The van der Waals surface area contributed by atoms with Crippen LogP contribution in [0.2, 0.25) is 5.02 Å². The van der Waals surface area contributed by atoms with Gasteiger partial charge in [-0.05, 0) is 35.7 Å². The number of nitrogens with zero attached hydrogens (tertiary/aromatic N) is 2. The lowest BCUT2D eigenvalue weighted by Crippen LogP contribution is -2.29. The zero-order valence-electron chi connectivity index (χ0n) is 13.2. The summed E-state index contributed by atoms with van der Waals surface area (Å²) in [5.74, 6) is 0.139. The Kier molecular flexibility index (Phi) is 5.16. The lowest BCUT2D eigenvalue weighted by molar-refractivity contribution is -0.117. The van der Waals surface area contributed by atoms with Gasteiger partial charge in [-0.15, -0.1) is 11.3 Å². The van der Waals surface area contributed by atoms with E-state index in [0.29, 0.717) is 22.2 Å². The maximum Gasteiger partial charge on any atom is 0.267 e. The number of halogens is 1. The first-order chi connectivity index (χ1) is 12.1. The van der Waals surface area contributed by atoms with Gasteiger partial charge in [-0.25, -0.2) is 4.68 Å². The molecule has 2 aromatic heterocycles. The number of amides is 1. The Morgan fingerprint density at radius 3 is 2.84 bits per heavy atom. The zero-order valence-corrected chi connectivity index (χ0v) is 14.8. The van der Waals surface area contributed by atoms with Gasteiger partial charge < -0.3 is 10.1 Å². The molecule has 0 aliphatic carbocycles. The predicted octanol–water partition coefficient (Wildman–Crippen LogP) is 3.27. The fourth-order valence-electron chi connectivity index (χ4n) is 2.20. The van der Waals surface area contributed by atoms with Crippen molar-refractivity contribution in [2.75, 3.05) is 12.4 Å². The van der Waals surface area contributed by atoms with E-state index in [2.05, 4.69) is 10.4 Å². The molecule has 2 heterocycles. The van der Waals surface area contributed by atoms with E-state index in [1.54, 1.807) is 24.3 Å². The molecular formula is C17H14ClN3O3S. The Bertz CT molecular complexity index is 954. The van der Waals surface area contributed by atoms with E-state index in [0.717, 1.165) is 9.56 Å². The number of hydrogen-bond acceptors (Lipinski definition) is 5. The number of aromatic nitrogens is 2. The summed E-state index contributed by atoms with van der Waals surface area (Å²) in [4.78, 5) is 25.1. The fraction of sp³-hybridized carbons (Fsp3) is 0.118. The third-order valence-electron chi connectivity index (χ3n) is 3.37. The van der Waals surface area contributed by atoms with Crippen molar-refractivity contribution < 1.29 is 9.53 Å². The molecule has 1 amide bonds. The molecule has 0 radical (unpaired) electrons. The molecule has 3 rings (SSSR count). The van der Waals surface area contributed by atoms with Crippen LogP contribution < -0.4 is 15.6 Å². The molecule has 0 bridgehead atoms. The summed E-state index contributed by atoms with van der Waals surface area (Å²) in [6.07, 6.45) is 0. The van der Waals surface area contributed by atoms with Gasteiger partial charge in [0.25, 0.3) is 5.56 Å². The van der Waals surface area contributed by atoms with Crippen LogP contribution in [-0.2, 0) is 11.3 Å². The minimum atomic E-state index is -0.376. The van der Waals surface area contributed by atoms with E-state index in [1.807, 2.05) is 17.5 Å². The van der Waals surface area contributed by atoms with E-state index in [9.17, 15) is 9.59 Å². The first kappa shape index (κ1) is 17.2. The van der Waals surface area contributed by atoms with Crippen LogP contribution in [0, 0.1) is 0 Å². The quantitative estimate of drug-likeness (QED) is 0.742. The molecule has 0 saturated carbocycles. The van der Waals surface area contributed by atoms with Gasteiger partial charge in [0, 0.05) is 11.8 Å². The molecule has 0 aliphatic heterocycles. The van der Waals surface area contributed by atoms with E-state index >= 15 is 0 Å². The molecule has 0 atom stereocenters. The fourth-order valence-corrected chi connectivity index (χ4v) is 3.15. The number of ether oxygens (including phenoxy) is 1. The highest BCUT2D eigenvalue weighted by Gasteiger charge is 2.10. The summed E-state index contributed by atoms with van der Waals surface area (Å²) >= 11 is 7.55. The topological polar surface area (TPSA) is 73.2 Å². The number of hydrogen-bond donors (Lipinski definition) is 1. The molecule has 128 valence electrons. The molecule has 8 heteroatoms. The number of benzene rings is 1. The minimum absolute atomic E-state index is 0.193. The number of anilines is 1. The van der Waals surface area contributed by atoms with Gasteiger partial charge in [-0.2, -0.15) is 5.10 Å². The molecule has 1 N–H and O–H groups in total. The van der Waals surface area contributed by atoms with Gasteiger partial charge in [0.05, 0.1) is 17.0 Å². The highest BCUT2D eigenvalue weighted by molar-refractivity contribution is 7.13. The summed E-state index contributed by atoms with van der Waals surface area (Å²) < 4.78 is 6.20. The second-order valence-electron chi connectivity index (χ2n) is 5.09. The number of carbonyl (C=O) groups excluding carboxylic acids is 1. The largest absolute Gasteiger partial charge is 0.495 e. The zero-order chi connectivity index (χ0) is 17.8. The Balaban J connectivity index is 1.76. The van der Waals surface area contributed by atoms with Crippen LogP contribution in [0.5, 0.6) is 5.75 Å². The minimum Gasteiger partial charge on any atom is -0.495 e. The molecule has 3 aromatic rings. The molecule has 1 aromatic carbocycles. The second kappa shape index (κ2) is 7.50. The highest BCUT2D eigenvalue weighted by Crippen LogP contribution is 2.27. The van der Waals surface area contributed by atoms with Crippen molar-refractivity contribution in [3.05, 3.63) is 63.2 Å². The maximum absolute atomic E-state index is 12.2. The average Bonchev–Trinajstić information content (AvgIpc) is 3.11. The van der Waals surface area contributed by atoms with Crippen molar-refractivity contribution in [2.24, 2.45) is 0 Å². The molecule has 0 fully saturated rings. The Labute approximate surface area is 152 Å². The maximum atomic E-state index is 12.2. The van der Waals surface area contributed by atoms with Crippen LogP contribution >= 0.6 is 22.9 Å². The van der Waals surface area contributed by atoms with Crippen molar-refractivity contribution in [1.29, 1.82) is 0 Å². The summed E-state index contributed by atoms with van der Waals surface area (Å²) in [6, 6.07) is 11.8. The van der Waals surface area contributed by atoms with Gasteiger partial charge in [-0.1, -0.05) is 17.7 Å². The standard InChI is InChI=1S/C17H14ClN3O3S/c1-24-14-6-4-11(9-12(14)18)19-16(22)10-21-17(23)7-5-13(20-21)15-3-2-8-25-15/h2-9H,10H2,1H3,(H,19,22).